The second-order valence-electron chi connectivity index (χ2n) is 5.54. The summed E-state index contributed by atoms with van der Waals surface area (Å²) in [5.41, 5.74) is 12.2. The highest BCUT2D eigenvalue weighted by atomic mass is 32.1. The molecule has 0 aromatic heterocycles. The molecular weight excluding hydrogens is 298 g/mol. The van der Waals surface area contributed by atoms with E-state index >= 15 is 0 Å². The van der Waals surface area contributed by atoms with E-state index in [0.717, 1.165) is 39.3 Å². The van der Waals surface area contributed by atoms with Crippen LogP contribution in [0.25, 0.3) is 11.6 Å². The van der Waals surface area contributed by atoms with Gasteiger partial charge in [0, 0.05) is 10.6 Å². The molecular formula is C21H23NS. The second kappa shape index (κ2) is 7.89. The van der Waals surface area contributed by atoms with Gasteiger partial charge in [-0.05, 0) is 41.7 Å². The molecule has 0 spiro atoms. The molecule has 23 heavy (non-hydrogen) atoms. The van der Waals surface area contributed by atoms with Crippen molar-refractivity contribution in [3.63, 3.8) is 0 Å². The van der Waals surface area contributed by atoms with Crippen LogP contribution in [0, 0.1) is 6.92 Å². The topological polar surface area (TPSA) is 26.0 Å². The normalized spacial score (nSPS) is 12.7. The molecule has 2 aromatic carbocycles. The predicted octanol–water partition coefficient (Wildman–Crippen LogP) is 5.60. The molecule has 0 atom stereocenters. The maximum absolute atomic E-state index is 6.06. The number of hydrogen-bond donors (Lipinski definition) is 2. The smallest absolute Gasteiger partial charge is 0.0301 e. The summed E-state index contributed by atoms with van der Waals surface area (Å²) in [7, 11) is 0. The van der Waals surface area contributed by atoms with Crippen molar-refractivity contribution in [3.8, 4) is 0 Å². The first-order valence-electron chi connectivity index (χ1n) is 7.74. The van der Waals surface area contributed by atoms with E-state index in [4.69, 9.17) is 5.73 Å². The van der Waals surface area contributed by atoms with Crippen LogP contribution in [0.15, 0.2) is 77.4 Å². The van der Waals surface area contributed by atoms with Crippen LogP contribution in [0.1, 0.15) is 30.0 Å². The van der Waals surface area contributed by atoms with Gasteiger partial charge in [0.2, 0.25) is 0 Å². The molecule has 2 N–H and O–H groups in total. The van der Waals surface area contributed by atoms with E-state index in [1.165, 1.54) is 5.56 Å². The van der Waals surface area contributed by atoms with Crippen LogP contribution >= 0.6 is 12.6 Å². The standard InChI is InChI=1S/C21H23NS/c1-4-20(22)21(23)16(3)19(18-8-6-5-7-9-18)14-17-12-10-15(2)11-13-17/h5-14,23H,3-4,22H2,1-2H3/b19-14-,21-20-. The van der Waals surface area contributed by atoms with Crippen molar-refractivity contribution in [2.75, 3.05) is 0 Å². The van der Waals surface area contributed by atoms with E-state index in [0.29, 0.717) is 0 Å². The number of benzene rings is 2. The van der Waals surface area contributed by atoms with Crippen molar-refractivity contribution < 1.29 is 0 Å². The molecule has 2 heteroatoms. The van der Waals surface area contributed by atoms with Gasteiger partial charge in [-0.1, -0.05) is 73.7 Å². The lowest BCUT2D eigenvalue weighted by Crippen LogP contribution is -2.01. The predicted molar refractivity (Wildman–Crippen MR) is 105 cm³/mol. The fourth-order valence-corrected chi connectivity index (χ4v) is 2.56. The van der Waals surface area contributed by atoms with Crippen molar-refractivity contribution >= 4 is 24.3 Å². The lowest BCUT2D eigenvalue weighted by atomic mass is 9.95. The molecule has 2 rings (SSSR count). The summed E-state index contributed by atoms with van der Waals surface area (Å²) in [5.74, 6) is 0. The number of hydrogen-bond acceptors (Lipinski definition) is 2. The maximum Gasteiger partial charge on any atom is 0.0301 e. The molecule has 0 aliphatic rings. The van der Waals surface area contributed by atoms with Crippen LogP contribution in [-0.4, -0.2) is 0 Å². The fraction of sp³-hybridized carbons (Fsp3) is 0.143. The number of aryl methyl sites for hydroxylation is 1. The first-order chi connectivity index (χ1) is 11.0. The van der Waals surface area contributed by atoms with Gasteiger partial charge in [0.1, 0.15) is 0 Å². The van der Waals surface area contributed by atoms with E-state index in [9.17, 15) is 0 Å². The van der Waals surface area contributed by atoms with Crippen LogP contribution in [0.4, 0.5) is 0 Å². The third-order valence-corrected chi connectivity index (χ3v) is 4.33. The zero-order valence-corrected chi connectivity index (χ0v) is 14.6. The molecule has 0 aliphatic carbocycles. The Labute approximate surface area is 144 Å². The molecule has 1 nitrogen and oxygen atoms in total. The summed E-state index contributed by atoms with van der Waals surface area (Å²) < 4.78 is 0. The number of allylic oxidation sites excluding steroid dienone is 3. The summed E-state index contributed by atoms with van der Waals surface area (Å²) in [6.07, 6.45) is 2.89. The van der Waals surface area contributed by atoms with Crippen molar-refractivity contribution in [1.29, 1.82) is 0 Å². The van der Waals surface area contributed by atoms with Gasteiger partial charge in [0.05, 0.1) is 0 Å². The van der Waals surface area contributed by atoms with Crippen LogP contribution < -0.4 is 5.73 Å². The third-order valence-electron chi connectivity index (χ3n) is 3.77. The minimum Gasteiger partial charge on any atom is -0.401 e. The van der Waals surface area contributed by atoms with Gasteiger partial charge < -0.3 is 5.73 Å². The lowest BCUT2D eigenvalue weighted by molar-refractivity contribution is 1.06. The van der Waals surface area contributed by atoms with E-state index in [-0.39, 0.29) is 0 Å². The van der Waals surface area contributed by atoms with E-state index < -0.39 is 0 Å². The van der Waals surface area contributed by atoms with Gasteiger partial charge in [-0.25, -0.2) is 0 Å². The largest absolute Gasteiger partial charge is 0.401 e. The van der Waals surface area contributed by atoms with E-state index in [1.54, 1.807) is 0 Å². The van der Waals surface area contributed by atoms with Crippen LogP contribution in [0.2, 0.25) is 0 Å². The SMILES string of the molecule is C=C(/C(S)=C(/N)CC)/C(=C/c1ccc(C)cc1)c1ccccc1. The zero-order chi connectivity index (χ0) is 16.8. The Hall–Kier alpha value is -2.19. The molecule has 0 saturated carbocycles. The Morgan fingerprint density at radius 1 is 1.09 bits per heavy atom. The van der Waals surface area contributed by atoms with Crippen molar-refractivity contribution in [2.24, 2.45) is 5.73 Å². The van der Waals surface area contributed by atoms with Crippen molar-refractivity contribution in [2.45, 2.75) is 20.3 Å². The summed E-state index contributed by atoms with van der Waals surface area (Å²) in [5, 5.41) is 0. The molecule has 0 aliphatic heterocycles. The Balaban J connectivity index is 2.53. The Morgan fingerprint density at radius 2 is 1.70 bits per heavy atom. The number of thiol groups is 1. The van der Waals surface area contributed by atoms with Gasteiger partial charge in [0.25, 0.3) is 0 Å². The quantitative estimate of drug-likeness (QED) is 0.418. The van der Waals surface area contributed by atoms with E-state index in [2.05, 4.69) is 68.6 Å². The monoisotopic (exact) mass is 321 g/mol. The second-order valence-corrected chi connectivity index (χ2v) is 5.99. The van der Waals surface area contributed by atoms with Gasteiger partial charge >= 0.3 is 0 Å². The van der Waals surface area contributed by atoms with Crippen molar-refractivity contribution in [3.05, 3.63) is 94.0 Å². The van der Waals surface area contributed by atoms with Crippen LogP contribution in [0.3, 0.4) is 0 Å². The summed E-state index contributed by atoms with van der Waals surface area (Å²) in [6, 6.07) is 18.6. The Morgan fingerprint density at radius 3 is 2.26 bits per heavy atom. The maximum atomic E-state index is 6.06. The Bertz CT molecular complexity index is 737. The fourth-order valence-electron chi connectivity index (χ4n) is 2.28. The molecule has 0 unspecified atom stereocenters. The highest BCUT2D eigenvalue weighted by Gasteiger charge is 2.11. The van der Waals surface area contributed by atoms with Gasteiger partial charge in [-0.3, -0.25) is 0 Å². The minimum absolute atomic E-state index is 0.754. The summed E-state index contributed by atoms with van der Waals surface area (Å²) in [4.78, 5) is 0.759. The average molecular weight is 321 g/mol. The van der Waals surface area contributed by atoms with Gasteiger partial charge in [-0.2, -0.15) is 0 Å². The highest BCUT2D eigenvalue weighted by molar-refractivity contribution is 7.84. The van der Waals surface area contributed by atoms with Gasteiger partial charge in [0.15, 0.2) is 0 Å². The third kappa shape index (κ3) is 4.40. The molecule has 0 heterocycles. The molecule has 0 bridgehead atoms. The zero-order valence-electron chi connectivity index (χ0n) is 13.7. The van der Waals surface area contributed by atoms with E-state index in [1.807, 2.05) is 25.1 Å². The highest BCUT2D eigenvalue weighted by Crippen LogP contribution is 2.32. The van der Waals surface area contributed by atoms with Crippen LogP contribution in [-0.2, 0) is 0 Å². The Kier molecular flexibility index (Phi) is 5.89. The average Bonchev–Trinajstić information content (AvgIpc) is 2.60. The molecule has 0 amide bonds. The molecule has 2 aromatic rings. The summed E-state index contributed by atoms with van der Waals surface area (Å²) in [6.45, 7) is 8.33. The minimum atomic E-state index is 0.754. The lowest BCUT2D eigenvalue weighted by Gasteiger charge is -2.14. The molecule has 118 valence electrons. The molecule has 0 fully saturated rings. The molecule has 0 radical (unpaired) electrons. The number of rotatable bonds is 5. The first kappa shape index (κ1) is 17.2. The van der Waals surface area contributed by atoms with Crippen LogP contribution in [0.5, 0.6) is 0 Å². The number of nitrogens with two attached hydrogens (primary N) is 1. The molecule has 0 saturated heterocycles. The first-order valence-corrected chi connectivity index (χ1v) is 8.18. The summed E-state index contributed by atoms with van der Waals surface area (Å²) >= 11 is 4.59. The van der Waals surface area contributed by atoms with Crippen molar-refractivity contribution in [1.82, 2.24) is 0 Å². The van der Waals surface area contributed by atoms with Gasteiger partial charge in [-0.15, -0.1) is 12.6 Å².